The second-order valence-electron chi connectivity index (χ2n) is 10.4. The lowest BCUT2D eigenvalue weighted by molar-refractivity contribution is 1.31. The highest BCUT2D eigenvalue weighted by molar-refractivity contribution is 8.05. The topological polar surface area (TPSA) is 0 Å². The van der Waals surface area contributed by atoms with Crippen LogP contribution in [-0.4, -0.2) is 37.2 Å². The molecule has 0 unspecified atom stereocenters. The number of hydrogen-bond donors (Lipinski definition) is 0. The van der Waals surface area contributed by atoms with Crippen molar-refractivity contribution in [1.82, 2.24) is 0 Å². The van der Waals surface area contributed by atoms with Crippen molar-refractivity contribution < 1.29 is 0 Å². The van der Waals surface area contributed by atoms with Gasteiger partial charge in [-0.25, -0.2) is 0 Å². The second kappa shape index (κ2) is 5.83. The summed E-state index contributed by atoms with van der Waals surface area (Å²) < 4.78 is 0. The maximum Gasteiger partial charge on any atom is 0.0942 e. The van der Waals surface area contributed by atoms with Crippen molar-refractivity contribution >= 4 is 37.2 Å². The van der Waals surface area contributed by atoms with E-state index in [0.29, 0.717) is 0 Å². The smallest absolute Gasteiger partial charge is 0.0810 e. The van der Waals surface area contributed by atoms with Gasteiger partial charge in [0.1, 0.15) is 0 Å². The first kappa shape index (κ1) is 20.6. The molecule has 0 bridgehead atoms. The Morgan fingerprint density at radius 2 is 0.727 bits per heavy atom. The fourth-order valence-corrected chi connectivity index (χ4v) is 141. The largest absolute Gasteiger partial charge is 0.0942 e. The van der Waals surface area contributed by atoms with Crippen LogP contribution in [-0.2, 0) is 0 Å². The second-order valence-corrected chi connectivity index (χ2v) is 60.6. The molecule has 0 saturated heterocycles. The summed E-state index contributed by atoms with van der Waals surface area (Å²) in [6, 6.07) is 0. The van der Waals surface area contributed by atoms with Crippen molar-refractivity contribution in [2.45, 2.75) is 86.6 Å². The zero-order chi connectivity index (χ0) is 17.9. The van der Waals surface area contributed by atoms with E-state index in [-0.39, 0.29) is 0 Å². The van der Waals surface area contributed by atoms with E-state index in [1.165, 1.54) is 0 Å². The molecule has 0 atom stereocenters. The highest BCUT2D eigenvalue weighted by atomic mass is 30.2. The summed E-state index contributed by atoms with van der Waals surface area (Å²) in [5.74, 6) is 0. The quantitative estimate of drug-likeness (QED) is 0.520. The lowest BCUT2D eigenvalue weighted by Crippen LogP contribution is -2.89. The third-order valence-corrected chi connectivity index (χ3v) is 108. The van der Waals surface area contributed by atoms with Crippen LogP contribution >= 0.6 is 0 Å². The van der Waals surface area contributed by atoms with Gasteiger partial charge in [-0.05, 0) is 27.7 Å². The number of allylic oxidation sites excluding steroid dienone is 4. The van der Waals surface area contributed by atoms with Gasteiger partial charge >= 0.3 is 0 Å². The minimum absolute atomic E-state index is 0.451. The lowest BCUT2D eigenvalue weighted by Gasteiger charge is -2.61. The fourth-order valence-electron chi connectivity index (χ4n) is 6.28. The monoisotopic (exact) mass is 383 g/mol. The SMILES string of the molecule is CC1=C(C)[Si]([Si]([Si](C)(C)C)([Si](C)(C)C)[Si](C)(C)C)C(C)=C1C. The minimum Gasteiger partial charge on any atom is -0.0810 e. The Kier molecular flexibility index (Phi) is 5.46. The third-order valence-electron chi connectivity index (χ3n) is 6.19. The molecule has 1 rings (SSSR count). The summed E-state index contributed by atoms with van der Waals surface area (Å²) in [7, 11) is -3.98. The minimum atomic E-state index is -1.27. The molecule has 5 heteroatoms. The predicted octanol–water partition coefficient (Wildman–Crippen LogP) is 6.02. The summed E-state index contributed by atoms with van der Waals surface area (Å²) in [4.78, 5) is 0. The molecule has 0 aromatic heterocycles. The molecule has 0 N–H and O–H groups in total. The van der Waals surface area contributed by atoms with Crippen LogP contribution < -0.4 is 0 Å². The molecule has 0 aliphatic carbocycles. The fraction of sp³-hybridized carbons (Fsp3) is 0.765. The van der Waals surface area contributed by atoms with E-state index in [2.05, 4.69) is 86.6 Å². The van der Waals surface area contributed by atoms with Gasteiger partial charge in [0, 0.05) is 28.9 Å². The standard InChI is InChI=1S/C17H39Si5/c1-14-15(2)17(4)18(16(14)3)22(19(5,6)7,20(8,9)10)21(11,12)13/h1-13H3. The first-order valence-corrected chi connectivity index (χ1v) is 26.8. The van der Waals surface area contributed by atoms with E-state index in [1.54, 1.807) is 11.1 Å². The highest BCUT2D eigenvalue weighted by Crippen LogP contribution is 2.46. The molecule has 1 radical (unpaired) electrons. The maximum absolute atomic E-state index is 2.75. The van der Waals surface area contributed by atoms with Crippen LogP contribution in [0.1, 0.15) is 27.7 Å². The third kappa shape index (κ3) is 2.74. The van der Waals surface area contributed by atoms with Gasteiger partial charge in [0.25, 0.3) is 0 Å². The first-order valence-electron chi connectivity index (χ1n) is 8.75. The van der Waals surface area contributed by atoms with Crippen LogP contribution in [0.15, 0.2) is 21.5 Å². The van der Waals surface area contributed by atoms with E-state index in [0.717, 1.165) is 0 Å². The molecular formula is C17H39Si5. The molecule has 1 aliphatic rings. The highest BCUT2D eigenvalue weighted by Gasteiger charge is 2.67. The normalized spacial score (nSPS) is 19.5. The van der Waals surface area contributed by atoms with Gasteiger partial charge in [-0.15, -0.1) is 0 Å². The van der Waals surface area contributed by atoms with Gasteiger partial charge in [0.05, 0.1) is 8.31 Å². The number of hydrogen-bond acceptors (Lipinski definition) is 0. The molecule has 1 aliphatic heterocycles. The van der Waals surface area contributed by atoms with Crippen molar-refractivity contribution in [3.8, 4) is 0 Å². The van der Waals surface area contributed by atoms with Gasteiger partial charge in [0.2, 0.25) is 0 Å². The van der Waals surface area contributed by atoms with E-state index in [1.807, 2.05) is 10.4 Å². The van der Waals surface area contributed by atoms with Crippen molar-refractivity contribution in [1.29, 1.82) is 0 Å². The van der Waals surface area contributed by atoms with Gasteiger partial charge < -0.3 is 0 Å². The zero-order valence-corrected chi connectivity index (χ0v) is 22.5. The molecule has 0 aromatic rings. The van der Waals surface area contributed by atoms with E-state index in [4.69, 9.17) is 0 Å². The Balaban J connectivity index is 3.91. The molecule has 0 spiro atoms. The van der Waals surface area contributed by atoms with Crippen LogP contribution in [0, 0.1) is 0 Å². The van der Waals surface area contributed by atoms with Crippen molar-refractivity contribution in [3.63, 3.8) is 0 Å². The summed E-state index contributed by atoms with van der Waals surface area (Å²) in [6.45, 7) is 34.6. The Morgan fingerprint density at radius 3 is 0.909 bits per heavy atom. The molecule has 1 heterocycles. The van der Waals surface area contributed by atoms with Gasteiger partial charge in [-0.3, -0.25) is 0 Å². The van der Waals surface area contributed by atoms with Crippen molar-refractivity contribution in [2.75, 3.05) is 0 Å². The number of rotatable bonds is 4. The lowest BCUT2D eigenvalue weighted by atomic mass is 10.1. The van der Waals surface area contributed by atoms with E-state index >= 15 is 0 Å². The Labute approximate surface area is 145 Å². The summed E-state index contributed by atoms with van der Waals surface area (Å²) in [5, 5.41) is 3.72. The van der Waals surface area contributed by atoms with Gasteiger partial charge in [-0.2, -0.15) is 0 Å². The van der Waals surface area contributed by atoms with Crippen LogP contribution in [0.2, 0.25) is 58.9 Å². The first-order chi connectivity index (χ1) is 9.51. The molecule has 22 heavy (non-hydrogen) atoms. The molecular weight excluding hydrogens is 345 g/mol. The summed E-state index contributed by atoms with van der Waals surface area (Å²) in [5.41, 5.74) is 3.33. The summed E-state index contributed by atoms with van der Waals surface area (Å²) >= 11 is 0. The molecule has 0 saturated carbocycles. The molecule has 0 amide bonds. The van der Waals surface area contributed by atoms with Gasteiger partial charge in [-0.1, -0.05) is 80.5 Å². The predicted molar refractivity (Wildman–Crippen MR) is 118 cm³/mol. The van der Waals surface area contributed by atoms with Crippen molar-refractivity contribution in [2.24, 2.45) is 0 Å². The van der Waals surface area contributed by atoms with E-state index < -0.39 is 37.2 Å². The molecule has 0 aromatic carbocycles. The molecule has 127 valence electrons. The Hall–Kier alpha value is 0.564. The summed E-state index contributed by atoms with van der Waals surface area (Å²) in [6.07, 6.45) is -1.27. The van der Waals surface area contributed by atoms with Crippen LogP contribution in [0.25, 0.3) is 0 Å². The van der Waals surface area contributed by atoms with E-state index in [9.17, 15) is 0 Å². The Bertz CT molecular complexity index is 461. The van der Waals surface area contributed by atoms with Crippen LogP contribution in [0.3, 0.4) is 0 Å². The zero-order valence-electron chi connectivity index (χ0n) is 17.5. The molecule has 0 fully saturated rings. The Morgan fingerprint density at radius 1 is 0.500 bits per heavy atom. The average molecular weight is 384 g/mol. The maximum atomic E-state index is 2.75. The van der Waals surface area contributed by atoms with Crippen LogP contribution in [0.5, 0.6) is 0 Å². The van der Waals surface area contributed by atoms with Crippen molar-refractivity contribution in [3.05, 3.63) is 21.5 Å². The van der Waals surface area contributed by atoms with Crippen LogP contribution in [0.4, 0.5) is 0 Å². The average Bonchev–Trinajstić information content (AvgIpc) is 2.41. The molecule has 0 nitrogen and oxygen atoms in total. The van der Waals surface area contributed by atoms with Gasteiger partial charge in [0.15, 0.2) is 0 Å².